The summed E-state index contributed by atoms with van der Waals surface area (Å²) in [5.74, 6) is 0.555. The van der Waals surface area contributed by atoms with E-state index >= 15 is 0 Å². The van der Waals surface area contributed by atoms with Crippen molar-refractivity contribution in [2.45, 2.75) is 48.5 Å². The zero-order valence-electron chi connectivity index (χ0n) is 24.4. The molecule has 1 saturated carbocycles. The molecule has 1 saturated heterocycles. The number of piperidine rings is 1. The van der Waals surface area contributed by atoms with Crippen LogP contribution in [0.3, 0.4) is 0 Å². The minimum Gasteiger partial charge on any atom is -0.495 e. The van der Waals surface area contributed by atoms with Crippen molar-refractivity contribution in [1.82, 2.24) is 14.1 Å². The molecule has 2 heterocycles. The minimum atomic E-state index is -3.67. The molecule has 2 fully saturated rings. The first-order valence-electron chi connectivity index (χ1n) is 15.0. The van der Waals surface area contributed by atoms with E-state index in [1.807, 2.05) is 24.3 Å². The van der Waals surface area contributed by atoms with Crippen LogP contribution in [-0.2, 0) is 10.0 Å². The van der Waals surface area contributed by atoms with E-state index in [0.29, 0.717) is 34.9 Å². The van der Waals surface area contributed by atoms with E-state index in [2.05, 4.69) is 47.1 Å². The van der Waals surface area contributed by atoms with Gasteiger partial charge in [-0.1, -0.05) is 65.7 Å². The third-order valence-electron chi connectivity index (χ3n) is 8.92. The maximum atomic E-state index is 13.6. The molecule has 1 aromatic heterocycles. The second-order valence-corrected chi connectivity index (χ2v) is 14.5. The van der Waals surface area contributed by atoms with Gasteiger partial charge in [0.15, 0.2) is 0 Å². The molecule has 5 aromatic rings. The largest absolute Gasteiger partial charge is 0.495 e. The van der Waals surface area contributed by atoms with Crippen LogP contribution in [0.5, 0.6) is 5.75 Å². The van der Waals surface area contributed by atoms with E-state index in [1.165, 1.54) is 12.8 Å². The van der Waals surface area contributed by atoms with Crippen LogP contribution in [-0.4, -0.2) is 42.7 Å². The van der Waals surface area contributed by atoms with Crippen molar-refractivity contribution in [3.05, 3.63) is 123 Å². The third kappa shape index (κ3) is 5.51. The zero-order chi connectivity index (χ0) is 30.4. The Morgan fingerprint density at radius 3 is 1.98 bits per heavy atom. The smallest absolute Gasteiger partial charge is 0.246 e. The molecule has 9 heteroatoms. The Bertz CT molecular complexity index is 1870. The van der Waals surface area contributed by atoms with Crippen LogP contribution in [0.2, 0.25) is 10.0 Å². The van der Waals surface area contributed by atoms with Gasteiger partial charge in [0.25, 0.3) is 0 Å². The molecule has 0 atom stereocenters. The molecular formula is C35H33Cl2N3O3S. The highest BCUT2D eigenvalue weighted by Gasteiger charge is 2.36. The highest BCUT2D eigenvalue weighted by molar-refractivity contribution is 7.89. The fourth-order valence-corrected chi connectivity index (χ4v) is 8.43. The lowest BCUT2D eigenvalue weighted by molar-refractivity contribution is 0.310. The Kier molecular flexibility index (Phi) is 7.91. The molecule has 0 spiro atoms. The van der Waals surface area contributed by atoms with E-state index in [1.54, 1.807) is 28.6 Å². The van der Waals surface area contributed by atoms with Crippen LogP contribution < -0.4 is 4.74 Å². The number of fused-ring (bicyclic) bond motifs is 1. The number of hydrogen-bond acceptors (Lipinski definition) is 4. The predicted octanol–water partition coefficient (Wildman–Crippen LogP) is 8.44. The van der Waals surface area contributed by atoms with E-state index < -0.39 is 10.0 Å². The number of nitrogens with zero attached hydrogens (tertiary/aromatic N) is 3. The second kappa shape index (κ2) is 11.9. The number of para-hydroxylation sites is 1. The van der Waals surface area contributed by atoms with Gasteiger partial charge < -0.3 is 4.74 Å². The van der Waals surface area contributed by atoms with Gasteiger partial charge in [-0.05, 0) is 90.9 Å². The molecule has 0 amide bonds. The summed E-state index contributed by atoms with van der Waals surface area (Å²) in [5, 5.41) is 7.64. The molecule has 7 rings (SSSR count). The van der Waals surface area contributed by atoms with E-state index in [9.17, 15) is 8.42 Å². The maximum absolute atomic E-state index is 13.6. The summed E-state index contributed by atoms with van der Waals surface area (Å²) in [6, 6.07) is 29.9. The molecule has 226 valence electrons. The first-order valence-corrected chi connectivity index (χ1v) is 17.2. The number of benzene rings is 4. The van der Waals surface area contributed by atoms with Crippen LogP contribution in [0.4, 0.5) is 0 Å². The first-order chi connectivity index (χ1) is 21.3. The molecule has 44 heavy (non-hydrogen) atoms. The van der Waals surface area contributed by atoms with Crippen molar-refractivity contribution in [3.8, 4) is 5.75 Å². The summed E-state index contributed by atoms with van der Waals surface area (Å²) < 4.78 is 36.4. The Hall–Kier alpha value is -3.36. The van der Waals surface area contributed by atoms with E-state index in [-0.39, 0.29) is 16.7 Å². The molecule has 4 aromatic carbocycles. The van der Waals surface area contributed by atoms with Crippen molar-refractivity contribution in [1.29, 1.82) is 0 Å². The van der Waals surface area contributed by atoms with Gasteiger partial charge in [-0.3, -0.25) is 4.68 Å². The average Bonchev–Trinajstić information content (AvgIpc) is 3.83. The van der Waals surface area contributed by atoms with Gasteiger partial charge in [0.05, 0.1) is 18.7 Å². The molecule has 1 aliphatic carbocycles. The third-order valence-corrected chi connectivity index (χ3v) is 11.4. The average molecular weight is 647 g/mol. The maximum Gasteiger partial charge on any atom is 0.246 e. The van der Waals surface area contributed by atoms with Crippen LogP contribution >= 0.6 is 23.2 Å². The number of halogens is 2. The minimum absolute atomic E-state index is 0.0149. The molecule has 0 bridgehead atoms. The van der Waals surface area contributed by atoms with Crippen molar-refractivity contribution >= 4 is 44.1 Å². The van der Waals surface area contributed by atoms with Gasteiger partial charge in [0.2, 0.25) is 10.0 Å². The van der Waals surface area contributed by atoms with Crippen LogP contribution in [0.1, 0.15) is 65.9 Å². The molecule has 1 aliphatic heterocycles. The van der Waals surface area contributed by atoms with Crippen molar-refractivity contribution in [2.75, 3.05) is 20.2 Å². The lowest BCUT2D eigenvalue weighted by Crippen LogP contribution is -2.38. The summed E-state index contributed by atoms with van der Waals surface area (Å²) in [5.41, 5.74) is 5.65. The van der Waals surface area contributed by atoms with Gasteiger partial charge >= 0.3 is 0 Å². The summed E-state index contributed by atoms with van der Waals surface area (Å²) >= 11 is 12.5. The fraction of sp³-hybridized carbons (Fsp3) is 0.286. The summed E-state index contributed by atoms with van der Waals surface area (Å²) in [7, 11) is -2.17. The first kappa shape index (κ1) is 29.4. The zero-order valence-corrected chi connectivity index (χ0v) is 26.7. The number of sulfonamides is 1. The quantitative estimate of drug-likeness (QED) is 0.159. The Morgan fingerprint density at radius 1 is 0.795 bits per heavy atom. The standard InChI is InChI=1S/C35H33Cl2N3O3S/c1-43-32-4-2-3-5-33(32)44(41,42)39-20-18-25(19-21-39)35-30-22-26(10-17-31(30)38-40(35)29-15-16-29)34(23-6-11-27(36)12-7-23)24-8-13-28(37)14-9-24/h2-14,17,22,25,29,34H,15-16,18-21H2,1H3. The van der Waals surface area contributed by atoms with Gasteiger partial charge in [-0.15, -0.1) is 0 Å². The molecule has 0 unspecified atom stereocenters. The second-order valence-electron chi connectivity index (χ2n) is 11.7. The highest BCUT2D eigenvalue weighted by atomic mass is 35.5. The Morgan fingerprint density at radius 2 is 1.39 bits per heavy atom. The number of rotatable bonds is 8. The number of aromatic nitrogens is 2. The SMILES string of the molecule is COc1ccccc1S(=O)(=O)N1CCC(c2c3cc(C(c4ccc(Cl)cc4)c4ccc(Cl)cc4)ccc3nn2C2CC2)CC1. The van der Waals surface area contributed by atoms with Crippen molar-refractivity contribution in [2.24, 2.45) is 0 Å². The lowest BCUT2D eigenvalue weighted by Gasteiger charge is -2.32. The monoisotopic (exact) mass is 645 g/mol. The molecule has 6 nitrogen and oxygen atoms in total. The van der Waals surface area contributed by atoms with Crippen molar-refractivity contribution < 1.29 is 13.2 Å². The number of methoxy groups -OCH3 is 1. The molecule has 0 radical (unpaired) electrons. The van der Waals surface area contributed by atoms with E-state index in [0.717, 1.165) is 53.3 Å². The normalized spacial score (nSPS) is 16.5. The highest BCUT2D eigenvalue weighted by Crippen LogP contribution is 2.44. The number of hydrogen-bond donors (Lipinski definition) is 0. The fourth-order valence-electron chi connectivity index (χ4n) is 6.55. The summed E-state index contributed by atoms with van der Waals surface area (Å²) in [6.07, 6.45) is 3.69. The van der Waals surface area contributed by atoms with E-state index in [4.69, 9.17) is 33.0 Å². The van der Waals surface area contributed by atoms with Gasteiger partial charge in [0, 0.05) is 46.1 Å². The lowest BCUT2D eigenvalue weighted by atomic mass is 9.84. The van der Waals surface area contributed by atoms with Crippen LogP contribution in [0.25, 0.3) is 10.9 Å². The molecule has 2 aliphatic rings. The molecular weight excluding hydrogens is 613 g/mol. The Balaban J connectivity index is 1.25. The summed E-state index contributed by atoms with van der Waals surface area (Å²) in [6.45, 7) is 0.889. The van der Waals surface area contributed by atoms with Crippen LogP contribution in [0, 0.1) is 0 Å². The Labute approximate surface area is 268 Å². The van der Waals surface area contributed by atoms with Crippen molar-refractivity contribution in [3.63, 3.8) is 0 Å². The van der Waals surface area contributed by atoms with Gasteiger partial charge in [-0.2, -0.15) is 9.40 Å². The van der Waals surface area contributed by atoms with Gasteiger partial charge in [-0.25, -0.2) is 8.42 Å². The summed E-state index contributed by atoms with van der Waals surface area (Å²) in [4.78, 5) is 0.217. The number of ether oxygens (including phenoxy) is 1. The molecule has 0 N–H and O–H groups in total. The topological polar surface area (TPSA) is 64.4 Å². The van der Waals surface area contributed by atoms with Gasteiger partial charge in [0.1, 0.15) is 10.6 Å². The van der Waals surface area contributed by atoms with Crippen LogP contribution in [0.15, 0.2) is 95.9 Å². The predicted molar refractivity (Wildman–Crippen MR) is 176 cm³/mol.